The molecule has 128 valence electrons. The number of nitrogens with zero attached hydrogens (tertiary/aromatic N) is 1. The maximum absolute atomic E-state index is 12.1. The van der Waals surface area contributed by atoms with E-state index in [2.05, 4.69) is 29.5 Å². The predicted octanol–water partition coefficient (Wildman–Crippen LogP) is 3.03. The Hall–Kier alpha value is -2.25. The Morgan fingerprint density at radius 3 is 2.46 bits per heavy atom. The molecule has 1 aromatic heterocycles. The van der Waals surface area contributed by atoms with Gasteiger partial charge in [0.15, 0.2) is 5.13 Å². The average Bonchev–Trinajstić information content (AvgIpc) is 2.98. The summed E-state index contributed by atoms with van der Waals surface area (Å²) in [7, 11) is 1.47. The molecule has 1 aromatic carbocycles. The Balaban J connectivity index is 1.88. The lowest BCUT2D eigenvalue weighted by Crippen LogP contribution is -2.17. The molecule has 0 aliphatic carbocycles. The van der Waals surface area contributed by atoms with Crippen LogP contribution in [0.5, 0.6) is 0 Å². The fourth-order valence-corrected chi connectivity index (χ4v) is 2.83. The number of rotatable bonds is 7. The summed E-state index contributed by atoms with van der Waals surface area (Å²) < 4.78 is 4.76. The number of amides is 2. The number of benzene rings is 1. The first-order valence-electron chi connectivity index (χ1n) is 7.61. The summed E-state index contributed by atoms with van der Waals surface area (Å²) in [4.78, 5) is 28.9. The Kier molecular flexibility index (Phi) is 6.45. The molecule has 0 saturated carbocycles. The van der Waals surface area contributed by atoms with E-state index < -0.39 is 0 Å². The minimum absolute atomic E-state index is 0.0103. The number of hydrogen-bond donors (Lipinski definition) is 2. The van der Waals surface area contributed by atoms with Gasteiger partial charge in [0.25, 0.3) is 0 Å². The highest BCUT2D eigenvalue weighted by atomic mass is 32.1. The summed E-state index contributed by atoms with van der Waals surface area (Å²) in [6.07, 6.45) is 2.05. The summed E-state index contributed by atoms with van der Waals surface area (Å²) >= 11 is 1.49. The molecule has 0 atom stereocenters. The topological polar surface area (TPSA) is 80.3 Å². The molecule has 0 bridgehead atoms. The number of anilines is 2. The summed E-state index contributed by atoms with van der Waals surface area (Å²) in [5.41, 5.74) is 1.53. The van der Waals surface area contributed by atoms with Gasteiger partial charge in [-0.25, -0.2) is 4.98 Å². The molecule has 1 heterocycles. The van der Waals surface area contributed by atoms with E-state index in [0.717, 1.165) is 10.4 Å². The second kappa shape index (κ2) is 8.56. The number of carbonyl (C=O) groups is 2. The zero-order valence-corrected chi connectivity index (χ0v) is 14.8. The van der Waals surface area contributed by atoms with Crippen LogP contribution in [0.25, 0.3) is 0 Å². The van der Waals surface area contributed by atoms with Crippen molar-refractivity contribution in [3.05, 3.63) is 40.9 Å². The molecule has 2 amide bonds. The van der Waals surface area contributed by atoms with Crippen LogP contribution in [-0.4, -0.2) is 30.5 Å². The van der Waals surface area contributed by atoms with Crippen LogP contribution in [0.4, 0.5) is 10.8 Å². The van der Waals surface area contributed by atoms with Gasteiger partial charge >= 0.3 is 0 Å². The van der Waals surface area contributed by atoms with E-state index in [1.807, 2.05) is 12.1 Å². The maximum atomic E-state index is 12.1. The van der Waals surface area contributed by atoms with Crippen LogP contribution >= 0.6 is 11.3 Å². The Bertz CT molecular complexity index is 695. The molecule has 2 N–H and O–H groups in total. The van der Waals surface area contributed by atoms with Crippen molar-refractivity contribution in [1.29, 1.82) is 0 Å². The zero-order valence-electron chi connectivity index (χ0n) is 14.0. The van der Waals surface area contributed by atoms with E-state index in [1.165, 1.54) is 18.4 Å². The van der Waals surface area contributed by atoms with Gasteiger partial charge in [-0.2, -0.15) is 0 Å². The lowest BCUT2D eigenvalue weighted by atomic mass is 10.1. The molecule has 24 heavy (non-hydrogen) atoms. The van der Waals surface area contributed by atoms with Crippen LogP contribution in [0.3, 0.4) is 0 Å². The number of aromatic nitrogens is 1. The third-order valence-corrected chi connectivity index (χ3v) is 4.43. The Morgan fingerprint density at radius 2 is 1.88 bits per heavy atom. The Morgan fingerprint density at radius 1 is 1.17 bits per heavy atom. The fourth-order valence-electron chi connectivity index (χ4n) is 1.99. The van der Waals surface area contributed by atoms with Crippen molar-refractivity contribution in [2.75, 3.05) is 24.4 Å². The van der Waals surface area contributed by atoms with Crippen molar-refractivity contribution in [2.24, 2.45) is 0 Å². The van der Waals surface area contributed by atoms with Crippen molar-refractivity contribution in [3.8, 4) is 0 Å². The standard InChI is InChI=1S/C17H21N3O3S/c1-11(2)14-9-18-17(24-14)20-15(21)8-12-4-6-13(7-5-12)19-16(22)10-23-3/h4-7,9,11H,8,10H2,1-3H3,(H,19,22)(H,18,20,21). The van der Waals surface area contributed by atoms with Crippen LogP contribution in [-0.2, 0) is 20.7 Å². The lowest BCUT2D eigenvalue weighted by molar-refractivity contribution is -0.119. The van der Waals surface area contributed by atoms with Crippen molar-refractivity contribution < 1.29 is 14.3 Å². The predicted molar refractivity (Wildman–Crippen MR) is 95.5 cm³/mol. The van der Waals surface area contributed by atoms with Crippen LogP contribution in [0.2, 0.25) is 0 Å². The van der Waals surface area contributed by atoms with Crippen molar-refractivity contribution in [1.82, 2.24) is 4.98 Å². The van der Waals surface area contributed by atoms with Crippen molar-refractivity contribution in [2.45, 2.75) is 26.2 Å². The molecule has 0 unspecified atom stereocenters. The molecule has 0 saturated heterocycles. The summed E-state index contributed by atoms with van der Waals surface area (Å²) in [5.74, 6) is 0.0672. The van der Waals surface area contributed by atoms with Gasteiger partial charge in [-0.05, 0) is 23.6 Å². The summed E-state index contributed by atoms with van der Waals surface area (Å²) in [6, 6.07) is 7.14. The fraction of sp³-hybridized carbons (Fsp3) is 0.353. The van der Waals surface area contributed by atoms with Gasteiger partial charge in [-0.3, -0.25) is 9.59 Å². The molecule has 0 spiro atoms. The number of thiazole rings is 1. The molecular weight excluding hydrogens is 326 g/mol. The average molecular weight is 347 g/mol. The highest BCUT2D eigenvalue weighted by Crippen LogP contribution is 2.25. The smallest absolute Gasteiger partial charge is 0.250 e. The summed E-state index contributed by atoms with van der Waals surface area (Å²) in [5, 5.41) is 6.13. The second-order valence-corrected chi connectivity index (χ2v) is 6.69. The van der Waals surface area contributed by atoms with Crippen LogP contribution in [0.1, 0.15) is 30.2 Å². The first kappa shape index (κ1) is 18.1. The van der Waals surface area contributed by atoms with Crippen LogP contribution < -0.4 is 10.6 Å². The van der Waals surface area contributed by atoms with Gasteiger partial charge in [-0.15, -0.1) is 11.3 Å². The van der Waals surface area contributed by atoms with E-state index in [-0.39, 0.29) is 24.8 Å². The molecule has 6 nitrogen and oxygen atoms in total. The number of carbonyl (C=O) groups excluding carboxylic acids is 2. The van der Waals surface area contributed by atoms with Crippen molar-refractivity contribution >= 4 is 34.0 Å². The van der Waals surface area contributed by atoms with E-state index >= 15 is 0 Å². The molecule has 0 radical (unpaired) electrons. The van der Waals surface area contributed by atoms with Gasteiger partial charge in [0, 0.05) is 23.9 Å². The van der Waals surface area contributed by atoms with Gasteiger partial charge in [0.05, 0.1) is 6.42 Å². The monoisotopic (exact) mass is 347 g/mol. The molecule has 2 rings (SSSR count). The molecule has 0 aliphatic rings. The third kappa shape index (κ3) is 5.43. The van der Waals surface area contributed by atoms with E-state index in [1.54, 1.807) is 18.3 Å². The minimum atomic E-state index is -0.215. The van der Waals surface area contributed by atoms with Gasteiger partial charge in [0.1, 0.15) is 6.61 Å². The van der Waals surface area contributed by atoms with E-state index in [0.29, 0.717) is 16.7 Å². The second-order valence-electron chi connectivity index (χ2n) is 5.63. The summed E-state index contributed by atoms with van der Waals surface area (Å²) in [6.45, 7) is 4.19. The number of nitrogens with one attached hydrogen (secondary N) is 2. The molecular formula is C17H21N3O3S. The first-order chi connectivity index (χ1) is 11.5. The zero-order chi connectivity index (χ0) is 17.5. The normalized spacial score (nSPS) is 10.7. The van der Waals surface area contributed by atoms with Crippen molar-refractivity contribution in [3.63, 3.8) is 0 Å². The van der Waals surface area contributed by atoms with E-state index in [4.69, 9.17) is 4.74 Å². The SMILES string of the molecule is COCC(=O)Nc1ccc(CC(=O)Nc2ncc(C(C)C)s2)cc1. The molecule has 7 heteroatoms. The third-order valence-electron chi connectivity index (χ3n) is 3.22. The number of methoxy groups -OCH3 is 1. The molecule has 0 fully saturated rings. The van der Waals surface area contributed by atoms with Crippen LogP contribution in [0.15, 0.2) is 30.5 Å². The van der Waals surface area contributed by atoms with Gasteiger partial charge < -0.3 is 15.4 Å². The maximum Gasteiger partial charge on any atom is 0.250 e. The Labute approximate surface area is 145 Å². The van der Waals surface area contributed by atoms with E-state index in [9.17, 15) is 9.59 Å². The van der Waals surface area contributed by atoms with Gasteiger partial charge in [0.2, 0.25) is 11.8 Å². The lowest BCUT2D eigenvalue weighted by Gasteiger charge is -2.06. The van der Waals surface area contributed by atoms with Crippen LogP contribution in [0, 0.1) is 0 Å². The van der Waals surface area contributed by atoms with Gasteiger partial charge in [-0.1, -0.05) is 26.0 Å². The largest absolute Gasteiger partial charge is 0.375 e. The first-order valence-corrected chi connectivity index (χ1v) is 8.43. The number of ether oxygens (including phenoxy) is 1. The number of hydrogen-bond acceptors (Lipinski definition) is 5. The minimum Gasteiger partial charge on any atom is -0.375 e. The highest BCUT2D eigenvalue weighted by molar-refractivity contribution is 7.15. The molecule has 0 aliphatic heterocycles. The quantitative estimate of drug-likeness (QED) is 0.807. The molecule has 2 aromatic rings. The highest BCUT2D eigenvalue weighted by Gasteiger charge is 2.10.